The minimum absolute atomic E-state index is 0.572. The van der Waals surface area contributed by atoms with Gasteiger partial charge in [0.25, 0.3) is 0 Å². The van der Waals surface area contributed by atoms with Crippen molar-refractivity contribution < 1.29 is 0 Å². The lowest BCUT2D eigenvalue weighted by Crippen LogP contribution is -2.33. The zero-order valence-electron chi connectivity index (χ0n) is 12.0. The number of nitrogen functional groups attached to an aromatic ring is 1. The smallest absolute Gasteiger partial charge is 0.0357 e. The molecule has 2 N–H and O–H groups in total. The molecule has 1 aliphatic carbocycles. The molecular weight excluding hydrogens is 324 g/mol. The van der Waals surface area contributed by atoms with Gasteiger partial charge >= 0.3 is 0 Å². The maximum atomic E-state index is 6.11. The monoisotopic (exact) mass is 342 g/mol. The van der Waals surface area contributed by atoms with E-state index in [-0.39, 0.29) is 0 Å². The number of nitrogens with zero attached hydrogens (tertiary/aromatic N) is 1. The van der Waals surface area contributed by atoms with Crippen LogP contribution in [0.4, 0.5) is 5.69 Å². The molecule has 1 aliphatic heterocycles. The molecule has 0 saturated heterocycles. The van der Waals surface area contributed by atoms with Crippen molar-refractivity contribution in [3.63, 3.8) is 0 Å². The molecule has 0 saturated carbocycles. The van der Waals surface area contributed by atoms with Gasteiger partial charge in [-0.2, -0.15) is 0 Å². The van der Waals surface area contributed by atoms with E-state index in [1.165, 1.54) is 39.6 Å². The Morgan fingerprint density at radius 2 is 2.00 bits per heavy atom. The number of fused-ring (bicyclic) bond motifs is 2. The Kier molecular flexibility index (Phi) is 3.27. The van der Waals surface area contributed by atoms with Crippen LogP contribution in [-0.2, 0) is 19.4 Å². The summed E-state index contributed by atoms with van der Waals surface area (Å²) in [6.07, 6.45) is 3.51. The maximum Gasteiger partial charge on any atom is 0.0357 e. The Labute approximate surface area is 134 Å². The molecule has 4 rings (SSSR count). The fourth-order valence-corrected chi connectivity index (χ4v) is 4.28. The van der Waals surface area contributed by atoms with E-state index in [9.17, 15) is 0 Å². The highest BCUT2D eigenvalue weighted by Crippen LogP contribution is 2.39. The summed E-state index contributed by atoms with van der Waals surface area (Å²) in [5.74, 6) is 0. The van der Waals surface area contributed by atoms with Crippen LogP contribution in [0.1, 0.15) is 34.7 Å². The summed E-state index contributed by atoms with van der Waals surface area (Å²) >= 11 is 3.58. The predicted octanol–water partition coefficient (Wildman–Crippen LogP) is 4.08. The van der Waals surface area contributed by atoms with Crippen LogP contribution < -0.4 is 5.73 Å². The zero-order chi connectivity index (χ0) is 14.4. The van der Waals surface area contributed by atoms with Crippen LogP contribution in [0.2, 0.25) is 0 Å². The van der Waals surface area contributed by atoms with Crippen molar-refractivity contribution in [3.05, 3.63) is 63.1 Å². The van der Waals surface area contributed by atoms with E-state index in [0.717, 1.165) is 25.2 Å². The van der Waals surface area contributed by atoms with Gasteiger partial charge in [-0.1, -0.05) is 34.1 Å². The number of rotatable bonds is 1. The van der Waals surface area contributed by atoms with Crippen LogP contribution in [0.15, 0.2) is 40.9 Å². The second kappa shape index (κ2) is 5.15. The third-order valence-electron chi connectivity index (χ3n) is 4.92. The number of benzene rings is 2. The van der Waals surface area contributed by atoms with Crippen molar-refractivity contribution in [1.29, 1.82) is 0 Å². The van der Waals surface area contributed by atoms with Crippen molar-refractivity contribution in [2.75, 3.05) is 12.3 Å². The molecule has 2 aromatic rings. The molecule has 0 fully saturated rings. The highest BCUT2D eigenvalue weighted by atomic mass is 79.9. The number of halogens is 1. The topological polar surface area (TPSA) is 29.3 Å². The molecule has 3 heteroatoms. The molecule has 108 valence electrons. The molecular formula is C18H19BrN2. The summed E-state index contributed by atoms with van der Waals surface area (Å²) in [5.41, 5.74) is 12.9. The van der Waals surface area contributed by atoms with Crippen LogP contribution in [0.3, 0.4) is 0 Å². The maximum absolute atomic E-state index is 6.11. The first-order valence-electron chi connectivity index (χ1n) is 7.61. The molecule has 2 aromatic carbocycles. The molecule has 0 amide bonds. The second-order valence-corrected chi connectivity index (χ2v) is 7.02. The van der Waals surface area contributed by atoms with E-state index in [2.05, 4.69) is 51.2 Å². The largest absolute Gasteiger partial charge is 0.398 e. The van der Waals surface area contributed by atoms with Crippen LogP contribution >= 0.6 is 15.9 Å². The lowest BCUT2D eigenvalue weighted by atomic mass is 9.95. The standard InChI is InChI=1S/C18H19BrN2/c19-14-5-6-16-12(10-14)4-7-18(16)21-9-8-15-13(11-21)2-1-3-17(15)20/h1-3,5-6,10,18H,4,7-9,11,20H2. The Morgan fingerprint density at radius 3 is 2.90 bits per heavy atom. The predicted molar refractivity (Wildman–Crippen MR) is 90.2 cm³/mol. The molecule has 2 nitrogen and oxygen atoms in total. The summed E-state index contributed by atoms with van der Waals surface area (Å²) < 4.78 is 1.19. The molecule has 0 spiro atoms. The second-order valence-electron chi connectivity index (χ2n) is 6.10. The Hall–Kier alpha value is -1.32. The number of anilines is 1. The summed E-state index contributed by atoms with van der Waals surface area (Å²) in [5, 5.41) is 0. The normalized spacial score (nSPS) is 21.1. The van der Waals surface area contributed by atoms with Gasteiger partial charge in [-0.3, -0.25) is 4.90 Å². The third kappa shape index (κ3) is 2.29. The quantitative estimate of drug-likeness (QED) is 0.791. The van der Waals surface area contributed by atoms with Crippen LogP contribution in [-0.4, -0.2) is 11.4 Å². The van der Waals surface area contributed by atoms with Crippen molar-refractivity contribution in [2.24, 2.45) is 0 Å². The minimum Gasteiger partial charge on any atom is -0.398 e. The van der Waals surface area contributed by atoms with Crippen molar-refractivity contribution >= 4 is 21.6 Å². The average molecular weight is 343 g/mol. The summed E-state index contributed by atoms with van der Waals surface area (Å²) in [6.45, 7) is 2.14. The number of nitrogens with two attached hydrogens (primary N) is 1. The number of hydrogen-bond acceptors (Lipinski definition) is 2. The lowest BCUT2D eigenvalue weighted by molar-refractivity contribution is 0.179. The van der Waals surface area contributed by atoms with E-state index in [0.29, 0.717) is 6.04 Å². The highest BCUT2D eigenvalue weighted by Gasteiger charge is 2.30. The molecule has 1 heterocycles. The zero-order valence-corrected chi connectivity index (χ0v) is 13.6. The highest BCUT2D eigenvalue weighted by molar-refractivity contribution is 9.10. The SMILES string of the molecule is Nc1cccc2c1CCN(C1CCc3cc(Br)ccc31)C2. The first-order chi connectivity index (χ1) is 10.2. The van der Waals surface area contributed by atoms with Crippen molar-refractivity contribution in [3.8, 4) is 0 Å². The van der Waals surface area contributed by atoms with Crippen LogP contribution in [0.25, 0.3) is 0 Å². The Bertz CT molecular complexity index is 696. The van der Waals surface area contributed by atoms with Gasteiger partial charge in [0, 0.05) is 29.3 Å². The van der Waals surface area contributed by atoms with E-state index in [1.807, 2.05) is 6.07 Å². The molecule has 1 unspecified atom stereocenters. The number of hydrogen-bond donors (Lipinski definition) is 1. The molecule has 2 aliphatic rings. The minimum atomic E-state index is 0.572. The first kappa shape index (κ1) is 13.4. The number of aryl methyl sites for hydroxylation is 1. The molecule has 0 radical (unpaired) electrons. The summed E-state index contributed by atoms with van der Waals surface area (Å²) in [4.78, 5) is 2.63. The Balaban J connectivity index is 1.63. The van der Waals surface area contributed by atoms with E-state index < -0.39 is 0 Å². The fourth-order valence-electron chi connectivity index (χ4n) is 3.87. The van der Waals surface area contributed by atoms with Crippen molar-refractivity contribution in [2.45, 2.75) is 31.8 Å². The lowest BCUT2D eigenvalue weighted by Gasteiger charge is -2.34. The van der Waals surface area contributed by atoms with Gasteiger partial charge in [0.1, 0.15) is 0 Å². The Morgan fingerprint density at radius 1 is 1.10 bits per heavy atom. The van der Waals surface area contributed by atoms with Crippen LogP contribution in [0.5, 0.6) is 0 Å². The van der Waals surface area contributed by atoms with Gasteiger partial charge in [0.05, 0.1) is 0 Å². The third-order valence-corrected chi connectivity index (χ3v) is 5.42. The molecule has 1 atom stereocenters. The van der Waals surface area contributed by atoms with E-state index in [4.69, 9.17) is 5.73 Å². The van der Waals surface area contributed by atoms with Gasteiger partial charge in [-0.15, -0.1) is 0 Å². The summed E-state index contributed by atoms with van der Waals surface area (Å²) in [7, 11) is 0. The van der Waals surface area contributed by atoms with Gasteiger partial charge in [-0.25, -0.2) is 0 Å². The average Bonchev–Trinajstić information content (AvgIpc) is 2.90. The van der Waals surface area contributed by atoms with Crippen molar-refractivity contribution in [1.82, 2.24) is 4.90 Å². The van der Waals surface area contributed by atoms with Gasteiger partial charge < -0.3 is 5.73 Å². The van der Waals surface area contributed by atoms with Gasteiger partial charge in [0.15, 0.2) is 0 Å². The van der Waals surface area contributed by atoms with E-state index in [1.54, 1.807) is 0 Å². The van der Waals surface area contributed by atoms with Gasteiger partial charge in [-0.05, 0) is 59.7 Å². The first-order valence-corrected chi connectivity index (χ1v) is 8.40. The molecule has 0 aromatic heterocycles. The molecule has 21 heavy (non-hydrogen) atoms. The van der Waals surface area contributed by atoms with E-state index >= 15 is 0 Å². The summed E-state index contributed by atoms with van der Waals surface area (Å²) in [6, 6.07) is 13.7. The molecule has 0 bridgehead atoms. The fraction of sp³-hybridized carbons (Fsp3) is 0.333. The van der Waals surface area contributed by atoms with Crippen LogP contribution in [0, 0.1) is 0 Å². The van der Waals surface area contributed by atoms with Gasteiger partial charge in [0.2, 0.25) is 0 Å².